The molecular formula is C17H24IN5O2. The molecule has 1 aliphatic heterocycles. The van der Waals surface area contributed by atoms with Crippen molar-refractivity contribution in [2.75, 3.05) is 26.2 Å². The quantitative estimate of drug-likeness (QED) is 0.264. The summed E-state index contributed by atoms with van der Waals surface area (Å²) in [7, 11) is 0. The fourth-order valence-electron chi connectivity index (χ4n) is 2.22. The number of guanidine groups is 1. The van der Waals surface area contributed by atoms with E-state index in [2.05, 4.69) is 22.2 Å². The molecule has 1 fully saturated rings. The van der Waals surface area contributed by atoms with Crippen molar-refractivity contribution in [1.29, 1.82) is 0 Å². The Kier molecular flexibility index (Phi) is 8.39. The number of carbonyl (C=O) groups excluding carboxylic acids is 2. The highest BCUT2D eigenvalue weighted by atomic mass is 127. The van der Waals surface area contributed by atoms with Crippen LogP contribution in [0.2, 0.25) is 0 Å². The lowest BCUT2D eigenvalue weighted by molar-refractivity contribution is -0.123. The Labute approximate surface area is 164 Å². The normalized spacial score (nSPS) is 14.4. The van der Waals surface area contributed by atoms with E-state index in [-0.39, 0.29) is 42.3 Å². The Bertz CT molecular complexity index is 658. The fourth-order valence-corrected chi connectivity index (χ4v) is 2.22. The summed E-state index contributed by atoms with van der Waals surface area (Å²) < 4.78 is 0. The van der Waals surface area contributed by atoms with Gasteiger partial charge >= 0.3 is 0 Å². The van der Waals surface area contributed by atoms with Crippen LogP contribution < -0.4 is 16.4 Å². The highest BCUT2D eigenvalue weighted by Gasteiger charge is 2.21. The number of amides is 2. The number of aliphatic imine (C=N–C) groups is 1. The van der Waals surface area contributed by atoms with Crippen LogP contribution in [-0.2, 0) is 11.3 Å². The van der Waals surface area contributed by atoms with Gasteiger partial charge in [0.1, 0.15) is 0 Å². The predicted octanol–water partition coefficient (Wildman–Crippen LogP) is 0.857. The van der Waals surface area contributed by atoms with Crippen LogP contribution in [0.3, 0.4) is 0 Å². The second-order valence-corrected chi connectivity index (χ2v) is 5.79. The molecule has 0 radical (unpaired) electrons. The van der Waals surface area contributed by atoms with Crippen LogP contribution in [-0.4, -0.2) is 48.9 Å². The van der Waals surface area contributed by atoms with Crippen LogP contribution in [0.4, 0.5) is 0 Å². The summed E-state index contributed by atoms with van der Waals surface area (Å²) in [6, 6.07) is 7.17. The highest BCUT2D eigenvalue weighted by molar-refractivity contribution is 14.0. The van der Waals surface area contributed by atoms with Gasteiger partial charge in [-0.1, -0.05) is 24.3 Å². The van der Waals surface area contributed by atoms with E-state index in [1.54, 1.807) is 17.0 Å². The average molecular weight is 457 g/mol. The minimum atomic E-state index is -0.137. The molecule has 8 heteroatoms. The Morgan fingerprint density at radius 1 is 1.40 bits per heavy atom. The topological polar surface area (TPSA) is 99.8 Å². The van der Waals surface area contributed by atoms with Gasteiger partial charge in [0, 0.05) is 25.2 Å². The molecule has 1 aromatic carbocycles. The van der Waals surface area contributed by atoms with Gasteiger partial charge in [-0.05, 0) is 24.6 Å². The summed E-state index contributed by atoms with van der Waals surface area (Å²) >= 11 is 0. The number of piperazine rings is 1. The van der Waals surface area contributed by atoms with Gasteiger partial charge in [-0.3, -0.25) is 9.59 Å². The van der Waals surface area contributed by atoms with Gasteiger partial charge in [-0.15, -0.1) is 24.0 Å². The van der Waals surface area contributed by atoms with E-state index >= 15 is 0 Å². The first-order valence-electron chi connectivity index (χ1n) is 7.79. The van der Waals surface area contributed by atoms with Gasteiger partial charge in [0.2, 0.25) is 5.91 Å². The third kappa shape index (κ3) is 6.73. The molecule has 1 saturated heterocycles. The van der Waals surface area contributed by atoms with Crippen molar-refractivity contribution in [1.82, 2.24) is 15.5 Å². The molecule has 0 atom stereocenters. The molecule has 7 nitrogen and oxygen atoms in total. The summed E-state index contributed by atoms with van der Waals surface area (Å²) in [4.78, 5) is 29.5. The Balaban J connectivity index is 0.00000312. The van der Waals surface area contributed by atoms with Crippen LogP contribution in [0.15, 0.2) is 41.4 Å². The van der Waals surface area contributed by atoms with Crippen molar-refractivity contribution in [3.63, 3.8) is 0 Å². The second-order valence-electron chi connectivity index (χ2n) is 5.79. The molecule has 136 valence electrons. The van der Waals surface area contributed by atoms with E-state index in [0.717, 1.165) is 11.1 Å². The van der Waals surface area contributed by atoms with E-state index in [4.69, 9.17) is 5.73 Å². The zero-order valence-corrected chi connectivity index (χ0v) is 16.6. The van der Waals surface area contributed by atoms with Crippen molar-refractivity contribution in [2.45, 2.75) is 13.5 Å². The van der Waals surface area contributed by atoms with E-state index in [1.807, 2.05) is 19.1 Å². The van der Waals surface area contributed by atoms with Crippen molar-refractivity contribution in [3.8, 4) is 0 Å². The first-order chi connectivity index (χ1) is 11.5. The molecule has 0 unspecified atom stereocenters. The molecule has 0 saturated carbocycles. The summed E-state index contributed by atoms with van der Waals surface area (Å²) in [6.45, 7) is 7.83. The SMILES string of the molecule is C=C(C)CNC(N)=NCc1ccc(C(=O)N2CCNC(=O)C2)cc1.I. The lowest BCUT2D eigenvalue weighted by atomic mass is 10.1. The third-order valence-corrected chi connectivity index (χ3v) is 3.53. The lowest BCUT2D eigenvalue weighted by Gasteiger charge is -2.26. The summed E-state index contributed by atoms with van der Waals surface area (Å²) in [6.07, 6.45) is 0. The maximum absolute atomic E-state index is 12.4. The number of hydrogen-bond donors (Lipinski definition) is 3. The van der Waals surface area contributed by atoms with Crippen molar-refractivity contribution >= 4 is 41.8 Å². The van der Waals surface area contributed by atoms with Gasteiger partial charge in [0.05, 0.1) is 13.1 Å². The Hall–Kier alpha value is -2.10. The predicted molar refractivity (Wildman–Crippen MR) is 109 cm³/mol. The molecule has 4 N–H and O–H groups in total. The lowest BCUT2D eigenvalue weighted by Crippen LogP contribution is -2.49. The molecular weight excluding hydrogens is 433 g/mol. The van der Waals surface area contributed by atoms with Gasteiger partial charge in [0.25, 0.3) is 5.91 Å². The van der Waals surface area contributed by atoms with Crippen molar-refractivity contribution < 1.29 is 9.59 Å². The van der Waals surface area contributed by atoms with Gasteiger partial charge < -0.3 is 21.3 Å². The molecule has 0 bridgehead atoms. The number of rotatable bonds is 5. The van der Waals surface area contributed by atoms with Gasteiger partial charge in [-0.2, -0.15) is 0 Å². The number of halogens is 1. The number of nitrogens with one attached hydrogen (secondary N) is 2. The highest BCUT2D eigenvalue weighted by Crippen LogP contribution is 2.09. The molecule has 2 rings (SSSR count). The summed E-state index contributed by atoms with van der Waals surface area (Å²) in [5.74, 6) is 0.0957. The number of nitrogens with two attached hydrogens (primary N) is 1. The summed E-state index contributed by atoms with van der Waals surface area (Å²) in [5, 5.41) is 5.66. The van der Waals surface area contributed by atoms with E-state index in [9.17, 15) is 9.59 Å². The number of nitrogens with zero attached hydrogens (tertiary/aromatic N) is 2. The molecule has 1 heterocycles. The minimum absolute atomic E-state index is 0. The van der Waals surface area contributed by atoms with Crippen LogP contribution in [0.25, 0.3) is 0 Å². The monoisotopic (exact) mass is 457 g/mol. The third-order valence-electron chi connectivity index (χ3n) is 3.53. The molecule has 1 aromatic rings. The first-order valence-corrected chi connectivity index (χ1v) is 7.79. The average Bonchev–Trinajstić information content (AvgIpc) is 2.58. The molecule has 0 spiro atoms. The fraction of sp³-hybridized carbons (Fsp3) is 0.353. The first kappa shape index (κ1) is 20.9. The van der Waals surface area contributed by atoms with Crippen LogP contribution in [0, 0.1) is 0 Å². The largest absolute Gasteiger partial charge is 0.370 e. The van der Waals surface area contributed by atoms with Gasteiger partial charge in [-0.25, -0.2) is 4.99 Å². The molecule has 0 aromatic heterocycles. The summed E-state index contributed by atoms with van der Waals surface area (Å²) in [5.41, 5.74) is 8.24. The van der Waals surface area contributed by atoms with E-state index in [0.29, 0.717) is 37.7 Å². The van der Waals surface area contributed by atoms with E-state index < -0.39 is 0 Å². The minimum Gasteiger partial charge on any atom is -0.370 e. The number of hydrogen-bond acceptors (Lipinski definition) is 3. The number of benzene rings is 1. The van der Waals surface area contributed by atoms with Crippen LogP contribution in [0.1, 0.15) is 22.8 Å². The molecule has 1 aliphatic rings. The van der Waals surface area contributed by atoms with Crippen LogP contribution >= 0.6 is 24.0 Å². The molecule has 2 amide bonds. The Morgan fingerprint density at radius 2 is 2.08 bits per heavy atom. The molecule has 0 aliphatic carbocycles. The van der Waals surface area contributed by atoms with Gasteiger partial charge in [0.15, 0.2) is 5.96 Å². The van der Waals surface area contributed by atoms with Crippen molar-refractivity contribution in [3.05, 3.63) is 47.5 Å². The zero-order valence-electron chi connectivity index (χ0n) is 14.2. The standard InChI is InChI=1S/C17H23N5O2.HI/c1-12(2)9-20-17(18)21-10-13-3-5-14(6-4-13)16(24)22-8-7-19-15(23)11-22;/h3-6H,1,7-11H2,2H3,(H,19,23)(H3,18,20,21);1H. The Morgan fingerprint density at radius 3 is 2.68 bits per heavy atom. The van der Waals surface area contributed by atoms with Crippen molar-refractivity contribution in [2.24, 2.45) is 10.7 Å². The zero-order chi connectivity index (χ0) is 17.5. The maximum Gasteiger partial charge on any atom is 0.254 e. The van der Waals surface area contributed by atoms with E-state index in [1.165, 1.54) is 0 Å². The smallest absolute Gasteiger partial charge is 0.254 e. The number of carbonyl (C=O) groups is 2. The maximum atomic E-state index is 12.4. The second kappa shape index (κ2) is 10.0. The van der Waals surface area contributed by atoms with Crippen LogP contribution in [0.5, 0.6) is 0 Å². The molecule has 25 heavy (non-hydrogen) atoms.